The number of rotatable bonds is 4. The van der Waals surface area contributed by atoms with Crippen LogP contribution < -0.4 is 5.32 Å². The molecule has 9 heteroatoms. The summed E-state index contributed by atoms with van der Waals surface area (Å²) in [6.45, 7) is 3.19. The van der Waals surface area contributed by atoms with Crippen LogP contribution in [0.5, 0.6) is 0 Å². The third kappa shape index (κ3) is 1.97. The number of fused-ring (bicyclic) bond motifs is 1. The molecular formula is C14H21N5O4. The minimum absolute atomic E-state index is 0.320. The quantitative estimate of drug-likeness (QED) is 0.702. The lowest BCUT2D eigenvalue weighted by Crippen LogP contribution is -2.55. The summed E-state index contributed by atoms with van der Waals surface area (Å²) >= 11 is 0. The first-order valence-electron chi connectivity index (χ1n) is 7.31. The number of ether oxygens (including phenoxy) is 2. The number of aromatic nitrogens is 4. The Labute approximate surface area is 133 Å². The van der Waals surface area contributed by atoms with E-state index in [1.54, 1.807) is 31.8 Å². The normalized spacial score (nSPS) is 34.2. The fourth-order valence-electron chi connectivity index (χ4n) is 3.18. The van der Waals surface area contributed by atoms with Gasteiger partial charge in [0.15, 0.2) is 22.7 Å². The van der Waals surface area contributed by atoms with Gasteiger partial charge in [-0.1, -0.05) is 0 Å². The molecule has 2 aromatic rings. The average molecular weight is 323 g/mol. The standard InChI is InChI=1S/C14H21N5O4/c1-13(22-4)10(21)8(5-20)23-14(13,2)19-7-18-9-11(15-3)16-6-17-12(9)19/h6-8,10,20-21H,5H2,1-4H3,(H,15,16,17)/t8-,10-,13-,14-/m1/s1. The lowest BCUT2D eigenvalue weighted by molar-refractivity contribution is -0.188. The van der Waals surface area contributed by atoms with Gasteiger partial charge in [-0.15, -0.1) is 0 Å². The van der Waals surface area contributed by atoms with E-state index >= 15 is 0 Å². The van der Waals surface area contributed by atoms with Gasteiger partial charge in [0.25, 0.3) is 0 Å². The molecule has 1 aliphatic rings. The van der Waals surface area contributed by atoms with E-state index in [1.165, 1.54) is 13.4 Å². The fourth-order valence-corrected chi connectivity index (χ4v) is 3.18. The van der Waals surface area contributed by atoms with Gasteiger partial charge in [0, 0.05) is 14.2 Å². The van der Waals surface area contributed by atoms with Gasteiger partial charge in [-0.3, -0.25) is 4.57 Å². The smallest absolute Gasteiger partial charge is 0.176 e. The first kappa shape index (κ1) is 16.1. The average Bonchev–Trinajstić information content (AvgIpc) is 3.09. The van der Waals surface area contributed by atoms with Crippen molar-refractivity contribution >= 4 is 17.0 Å². The predicted molar refractivity (Wildman–Crippen MR) is 81.9 cm³/mol. The summed E-state index contributed by atoms with van der Waals surface area (Å²) in [4.78, 5) is 12.8. The lowest BCUT2D eigenvalue weighted by atomic mass is 9.88. The highest BCUT2D eigenvalue weighted by molar-refractivity contribution is 5.82. The SMILES string of the molecule is CNc1ncnc2c1ncn2[C@]1(C)O[C@H](CO)[C@@H](O)[C@@]1(C)OC. The van der Waals surface area contributed by atoms with Crippen LogP contribution in [-0.4, -0.2) is 68.3 Å². The summed E-state index contributed by atoms with van der Waals surface area (Å²) in [5.74, 6) is 0.591. The van der Waals surface area contributed by atoms with Crippen molar-refractivity contribution < 1.29 is 19.7 Å². The highest BCUT2D eigenvalue weighted by Gasteiger charge is 2.62. The lowest BCUT2D eigenvalue weighted by Gasteiger charge is -2.40. The minimum Gasteiger partial charge on any atom is -0.394 e. The number of aliphatic hydroxyl groups excluding tert-OH is 2. The molecule has 126 valence electrons. The minimum atomic E-state index is -1.11. The Hall–Kier alpha value is -1.81. The van der Waals surface area contributed by atoms with Crippen LogP contribution in [0, 0.1) is 0 Å². The van der Waals surface area contributed by atoms with Crippen LogP contribution in [0.15, 0.2) is 12.7 Å². The number of imidazole rings is 1. The van der Waals surface area contributed by atoms with E-state index in [4.69, 9.17) is 9.47 Å². The molecule has 0 amide bonds. The second-order valence-electron chi connectivity index (χ2n) is 5.84. The number of methoxy groups -OCH3 is 1. The second-order valence-corrected chi connectivity index (χ2v) is 5.84. The van der Waals surface area contributed by atoms with Crippen molar-refractivity contribution in [3.63, 3.8) is 0 Å². The molecule has 1 saturated heterocycles. The monoisotopic (exact) mass is 323 g/mol. The number of nitrogens with one attached hydrogen (secondary N) is 1. The summed E-state index contributed by atoms with van der Waals surface area (Å²) in [5.41, 5.74) is -1.08. The summed E-state index contributed by atoms with van der Waals surface area (Å²) < 4.78 is 13.3. The van der Waals surface area contributed by atoms with E-state index in [1.807, 2.05) is 0 Å². The molecule has 0 spiro atoms. The summed E-state index contributed by atoms with van der Waals surface area (Å²) in [6.07, 6.45) is 1.22. The van der Waals surface area contributed by atoms with E-state index in [2.05, 4.69) is 20.3 Å². The Balaban J connectivity index is 2.20. The molecule has 0 saturated carbocycles. The molecule has 3 rings (SSSR count). The van der Waals surface area contributed by atoms with Crippen LogP contribution in [-0.2, 0) is 15.2 Å². The van der Waals surface area contributed by atoms with Crippen molar-refractivity contribution in [3.05, 3.63) is 12.7 Å². The van der Waals surface area contributed by atoms with Gasteiger partial charge in [0.05, 0.1) is 12.9 Å². The number of aliphatic hydroxyl groups is 2. The first-order valence-corrected chi connectivity index (χ1v) is 7.31. The summed E-state index contributed by atoms with van der Waals surface area (Å²) in [6, 6.07) is 0. The Morgan fingerprint density at radius 2 is 2.13 bits per heavy atom. The van der Waals surface area contributed by atoms with E-state index < -0.39 is 23.5 Å². The maximum atomic E-state index is 10.5. The molecule has 0 aliphatic carbocycles. The number of hydrogen-bond acceptors (Lipinski definition) is 8. The highest BCUT2D eigenvalue weighted by Crippen LogP contribution is 2.46. The van der Waals surface area contributed by atoms with Gasteiger partial charge in [-0.25, -0.2) is 15.0 Å². The van der Waals surface area contributed by atoms with Crippen molar-refractivity contribution in [3.8, 4) is 0 Å². The number of hydrogen-bond donors (Lipinski definition) is 3. The molecular weight excluding hydrogens is 302 g/mol. The first-order chi connectivity index (χ1) is 10.9. The van der Waals surface area contributed by atoms with Crippen LogP contribution in [0.25, 0.3) is 11.2 Å². The second kappa shape index (κ2) is 5.38. The zero-order chi connectivity index (χ0) is 16.8. The molecule has 0 aromatic carbocycles. The van der Waals surface area contributed by atoms with Crippen LogP contribution >= 0.6 is 0 Å². The molecule has 0 radical (unpaired) electrons. The van der Waals surface area contributed by atoms with Crippen LogP contribution in [0.1, 0.15) is 13.8 Å². The predicted octanol–water partition coefficient (Wildman–Crippen LogP) is -0.302. The number of nitrogens with zero attached hydrogens (tertiary/aromatic N) is 4. The van der Waals surface area contributed by atoms with Gasteiger partial charge in [0.1, 0.15) is 24.1 Å². The molecule has 1 fully saturated rings. The maximum Gasteiger partial charge on any atom is 0.176 e. The van der Waals surface area contributed by atoms with E-state index in [9.17, 15) is 10.2 Å². The highest BCUT2D eigenvalue weighted by atomic mass is 16.6. The molecule has 3 heterocycles. The third-order valence-corrected chi connectivity index (χ3v) is 4.85. The molecule has 1 aliphatic heterocycles. The van der Waals surface area contributed by atoms with Gasteiger partial charge >= 0.3 is 0 Å². The Morgan fingerprint density at radius 1 is 1.39 bits per heavy atom. The van der Waals surface area contributed by atoms with Gasteiger partial charge in [0.2, 0.25) is 0 Å². The summed E-state index contributed by atoms with van der Waals surface area (Å²) in [5, 5.41) is 23.0. The van der Waals surface area contributed by atoms with Crippen molar-refractivity contribution in [1.82, 2.24) is 19.5 Å². The van der Waals surface area contributed by atoms with Crippen LogP contribution in [0.3, 0.4) is 0 Å². The molecule has 0 unspecified atom stereocenters. The Kier molecular flexibility index (Phi) is 3.75. The van der Waals surface area contributed by atoms with Crippen molar-refractivity contribution in [2.75, 3.05) is 26.1 Å². The molecule has 0 bridgehead atoms. The summed E-state index contributed by atoms with van der Waals surface area (Å²) in [7, 11) is 3.25. The van der Waals surface area contributed by atoms with Gasteiger partial charge in [-0.05, 0) is 13.8 Å². The van der Waals surface area contributed by atoms with Crippen LogP contribution in [0.4, 0.5) is 5.82 Å². The Bertz CT molecular complexity index is 722. The fraction of sp³-hybridized carbons (Fsp3) is 0.643. The molecule has 9 nitrogen and oxygen atoms in total. The maximum absolute atomic E-state index is 10.5. The third-order valence-electron chi connectivity index (χ3n) is 4.85. The van der Waals surface area contributed by atoms with E-state index in [-0.39, 0.29) is 6.61 Å². The largest absolute Gasteiger partial charge is 0.394 e. The van der Waals surface area contributed by atoms with Crippen molar-refractivity contribution in [2.45, 2.75) is 37.4 Å². The Morgan fingerprint density at radius 3 is 2.74 bits per heavy atom. The zero-order valence-electron chi connectivity index (χ0n) is 13.5. The van der Waals surface area contributed by atoms with E-state index in [0.29, 0.717) is 17.0 Å². The number of anilines is 1. The molecule has 4 atom stereocenters. The molecule has 23 heavy (non-hydrogen) atoms. The van der Waals surface area contributed by atoms with Gasteiger partial charge < -0.3 is 25.0 Å². The van der Waals surface area contributed by atoms with Crippen LogP contribution in [0.2, 0.25) is 0 Å². The van der Waals surface area contributed by atoms with Gasteiger partial charge in [-0.2, -0.15) is 0 Å². The molecule has 2 aromatic heterocycles. The molecule has 3 N–H and O–H groups in total. The van der Waals surface area contributed by atoms with Crippen molar-refractivity contribution in [2.24, 2.45) is 0 Å². The topological polar surface area (TPSA) is 115 Å². The zero-order valence-corrected chi connectivity index (χ0v) is 13.5. The van der Waals surface area contributed by atoms with E-state index in [0.717, 1.165) is 0 Å². The van der Waals surface area contributed by atoms with Crippen molar-refractivity contribution in [1.29, 1.82) is 0 Å².